The third-order valence-corrected chi connectivity index (χ3v) is 0.856. The van der Waals surface area contributed by atoms with E-state index in [2.05, 4.69) is 10.8 Å². The van der Waals surface area contributed by atoms with Gasteiger partial charge in [0, 0.05) is 0 Å². The van der Waals surface area contributed by atoms with E-state index in [4.69, 9.17) is 0 Å². The van der Waals surface area contributed by atoms with Gasteiger partial charge in [-0.3, -0.25) is 4.18 Å². The first kappa shape index (κ1) is 13.8. The van der Waals surface area contributed by atoms with Crippen molar-refractivity contribution in [1.29, 1.82) is 0 Å². The first-order valence-corrected chi connectivity index (χ1v) is 3.50. The first-order chi connectivity index (χ1) is 3.92. The molecule has 6 heteroatoms. The van der Waals surface area contributed by atoms with Crippen molar-refractivity contribution >= 4 is 10.4 Å². The van der Waals surface area contributed by atoms with Crippen LogP contribution >= 0.6 is 0 Å². The molecule has 0 amide bonds. The topological polar surface area (TPSA) is 66.4 Å². The Kier molecular flexibility index (Phi) is 8.07. The quantitative estimate of drug-likeness (QED) is 0.206. The van der Waals surface area contributed by atoms with Crippen molar-refractivity contribution in [2.75, 3.05) is 6.61 Å². The van der Waals surface area contributed by atoms with Crippen LogP contribution in [0.4, 0.5) is 0 Å². The summed E-state index contributed by atoms with van der Waals surface area (Å²) in [7, 11) is -4.53. The van der Waals surface area contributed by atoms with E-state index in [0.29, 0.717) is 5.57 Å². The molecular formula is C4H7KO4S. The zero-order valence-electron chi connectivity index (χ0n) is 5.96. The Bertz CT molecular complexity index is 195. The van der Waals surface area contributed by atoms with Crippen LogP contribution in [0.3, 0.4) is 0 Å². The minimum absolute atomic E-state index is 0. The fourth-order valence-corrected chi connectivity index (χ4v) is 0.518. The average Bonchev–Trinajstić information content (AvgIpc) is 1.59. The maximum atomic E-state index is 9.72. The fraction of sp³-hybridized carbons (Fsp3) is 0.500. The molecule has 0 aliphatic rings. The number of hydrogen-bond acceptors (Lipinski definition) is 4. The van der Waals surface area contributed by atoms with Crippen molar-refractivity contribution in [3.8, 4) is 0 Å². The van der Waals surface area contributed by atoms with E-state index < -0.39 is 10.4 Å². The molecule has 0 bridgehead atoms. The summed E-state index contributed by atoms with van der Waals surface area (Å²) in [6.07, 6.45) is 0. The van der Waals surface area contributed by atoms with Gasteiger partial charge in [0.15, 0.2) is 0 Å². The van der Waals surface area contributed by atoms with Crippen LogP contribution in [0.25, 0.3) is 0 Å². The second kappa shape index (κ2) is 5.84. The Morgan fingerprint density at radius 3 is 2.20 bits per heavy atom. The van der Waals surface area contributed by atoms with Gasteiger partial charge in [0.1, 0.15) is 0 Å². The van der Waals surface area contributed by atoms with E-state index in [1.165, 1.54) is 0 Å². The molecule has 0 saturated carbocycles. The Labute approximate surface area is 103 Å². The smallest absolute Gasteiger partial charge is 0.726 e. The van der Waals surface area contributed by atoms with Crippen LogP contribution in [0, 0.1) is 0 Å². The van der Waals surface area contributed by atoms with Gasteiger partial charge >= 0.3 is 51.4 Å². The SMILES string of the molecule is C=C(C)COS(=O)(=O)[O-].[K+]. The van der Waals surface area contributed by atoms with Crippen LogP contribution in [-0.4, -0.2) is 19.6 Å². The molecule has 0 unspecified atom stereocenters. The summed E-state index contributed by atoms with van der Waals surface area (Å²) in [5.41, 5.74) is 0.495. The third-order valence-electron chi connectivity index (χ3n) is 0.450. The summed E-state index contributed by atoms with van der Waals surface area (Å²) < 4.78 is 33.0. The Morgan fingerprint density at radius 1 is 1.70 bits per heavy atom. The maximum Gasteiger partial charge on any atom is 1.00 e. The summed E-state index contributed by atoms with van der Waals surface area (Å²) in [4.78, 5) is 0. The standard InChI is InChI=1S/C4H8O4S.K/c1-4(2)3-8-9(5,6)7;/h1,3H2,2H3,(H,5,6,7);/q;+1/p-1. The monoisotopic (exact) mass is 190 g/mol. The maximum absolute atomic E-state index is 9.72. The number of rotatable bonds is 3. The van der Waals surface area contributed by atoms with Gasteiger partial charge in [-0.1, -0.05) is 12.2 Å². The molecule has 0 aliphatic heterocycles. The van der Waals surface area contributed by atoms with Gasteiger partial charge in [0.25, 0.3) is 0 Å². The molecule has 0 radical (unpaired) electrons. The Morgan fingerprint density at radius 2 is 2.10 bits per heavy atom. The summed E-state index contributed by atoms with van der Waals surface area (Å²) >= 11 is 0. The van der Waals surface area contributed by atoms with E-state index in [9.17, 15) is 13.0 Å². The predicted octanol–water partition coefficient (Wildman–Crippen LogP) is -2.96. The number of hydrogen-bond donors (Lipinski definition) is 0. The van der Waals surface area contributed by atoms with Crippen molar-refractivity contribution in [2.24, 2.45) is 0 Å². The van der Waals surface area contributed by atoms with Crippen LogP contribution in [0.2, 0.25) is 0 Å². The van der Waals surface area contributed by atoms with Gasteiger partial charge in [0.05, 0.1) is 6.61 Å². The van der Waals surface area contributed by atoms with E-state index >= 15 is 0 Å². The average molecular weight is 190 g/mol. The van der Waals surface area contributed by atoms with Crippen molar-refractivity contribution in [3.63, 3.8) is 0 Å². The van der Waals surface area contributed by atoms with Crippen molar-refractivity contribution in [1.82, 2.24) is 0 Å². The van der Waals surface area contributed by atoms with Gasteiger partial charge in [-0.05, 0) is 6.92 Å². The zero-order chi connectivity index (χ0) is 7.49. The van der Waals surface area contributed by atoms with Gasteiger partial charge in [-0.2, -0.15) is 0 Å². The second-order valence-corrected chi connectivity index (χ2v) is 2.68. The predicted molar refractivity (Wildman–Crippen MR) is 30.5 cm³/mol. The molecule has 0 rings (SSSR count). The molecule has 0 aromatic heterocycles. The first-order valence-electron chi connectivity index (χ1n) is 2.16. The largest absolute Gasteiger partial charge is 1.00 e. The molecule has 0 aromatic rings. The van der Waals surface area contributed by atoms with Gasteiger partial charge in [-0.25, -0.2) is 8.42 Å². The summed E-state index contributed by atoms with van der Waals surface area (Å²) in [6, 6.07) is 0. The molecule has 0 heterocycles. The van der Waals surface area contributed by atoms with Crippen molar-refractivity contribution in [3.05, 3.63) is 12.2 Å². The molecule has 4 nitrogen and oxygen atoms in total. The zero-order valence-corrected chi connectivity index (χ0v) is 9.90. The summed E-state index contributed by atoms with van der Waals surface area (Å²) in [6.45, 7) is 4.66. The fourth-order valence-electron chi connectivity index (χ4n) is 0.173. The molecule has 0 aliphatic carbocycles. The van der Waals surface area contributed by atoms with Crippen LogP contribution in [0.15, 0.2) is 12.2 Å². The summed E-state index contributed by atoms with van der Waals surface area (Å²) in [5, 5.41) is 0. The second-order valence-electron chi connectivity index (χ2n) is 1.63. The van der Waals surface area contributed by atoms with E-state index in [-0.39, 0.29) is 58.0 Å². The molecule has 0 atom stereocenters. The Balaban J connectivity index is 0. The molecule has 0 spiro atoms. The molecular weight excluding hydrogens is 183 g/mol. The molecule has 0 aromatic carbocycles. The van der Waals surface area contributed by atoms with Gasteiger partial charge in [-0.15, -0.1) is 0 Å². The molecule has 0 N–H and O–H groups in total. The molecule has 54 valence electrons. The molecule has 0 saturated heterocycles. The Hall–Kier alpha value is 1.25. The van der Waals surface area contributed by atoms with Crippen molar-refractivity contribution < 1.29 is 68.5 Å². The molecule has 10 heavy (non-hydrogen) atoms. The van der Waals surface area contributed by atoms with Gasteiger partial charge in [0.2, 0.25) is 10.4 Å². The van der Waals surface area contributed by atoms with Crippen LogP contribution in [0.5, 0.6) is 0 Å². The van der Waals surface area contributed by atoms with Gasteiger partial charge < -0.3 is 4.55 Å². The molecule has 0 fully saturated rings. The van der Waals surface area contributed by atoms with Crippen LogP contribution in [0.1, 0.15) is 6.92 Å². The summed E-state index contributed by atoms with van der Waals surface area (Å²) in [5.74, 6) is 0. The minimum Gasteiger partial charge on any atom is -0.726 e. The minimum atomic E-state index is -4.53. The van der Waals surface area contributed by atoms with E-state index in [1.54, 1.807) is 6.92 Å². The normalized spacial score (nSPS) is 10.2. The van der Waals surface area contributed by atoms with Crippen LogP contribution < -0.4 is 51.4 Å². The van der Waals surface area contributed by atoms with Crippen LogP contribution in [-0.2, 0) is 14.6 Å². The third kappa shape index (κ3) is 12.0. The van der Waals surface area contributed by atoms with E-state index in [1.807, 2.05) is 0 Å². The van der Waals surface area contributed by atoms with E-state index in [0.717, 1.165) is 0 Å². The van der Waals surface area contributed by atoms with Crippen molar-refractivity contribution in [2.45, 2.75) is 6.92 Å².